The van der Waals surface area contributed by atoms with E-state index in [-0.39, 0.29) is 17.0 Å². The quantitative estimate of drug-likeness (QED) is 0.417. The van der Waals surface area contributed by atoms with Gasteiger partial charge in [0.1, 0.15) is 0 Å². The molecule has 0 aliphatic carbocycles. The van der Waals surface area contributed by atoms with Crippen LogP contribution in [0.3, 0.4) is 0 Å². The van der Waals surface area contributed by atoms with E-state index in [4.69, 9.17) is 0 Å². The van der Waals surface area contributed by atoms with Gasteiger partial charge in [-0.2, -0.15) is 0 Å². The molecule has 172 valence electrons. The first kappa shape index (κ1) is 24.0. The number of carbonyl (C=O) groups excluding carboxylic acids is 1. The molecule has 3 aromatic carbocycles. The molecule has 0 aliphatic rings. The van der Waals surface area contributed by atoms with Gasteiger partial charge in [0, 0.05) is 49.7 Å². The van der Waals surface area contributed by atoms with Gasteiger partial charge in [0.2, 0.25) is 15.9 Å². The van der Waals surface area contributed by atoms with Crippen molar-refractivity contribution in [3.05, 3.63) is 83.9 Å². The second kappa shape index (κ2) is 10.3. The minimum absolute atomic E-state index is 0.0296. The van der Waals surface area contributed by atoms with Gasteiger partial charge in [-0.05, 0) is 17.7 Å². The van der Waals surface area contributed by atoms with Crippen LogP contribution in [0.25, 0.3) is 10.8 Å². The van der Waals surface area contributed by atoms with E-state index in [2.05, 4.69) is 10.0 Å². The first-order valence-corrected chi connectivity index (χ1v) is 11.6. The van der Waals surface area contributed by atoms with E-state index in [0.717, 1.165) is 22.7 Å². The van der Waals surface area contributed by atoms with Crippen molar-refractivity contribution in [2.75, 3.05) is 25.5 Å². The van der Waals surface area contributed by atoms with Gasteiger partial charge in [-0.1, -0.05) is 54.6 Å². The molecular weight excluding hydrogens is 442 g/mol. The zero-order valence-electron chi connectivity index (χ0n) is 18.3. The predicted molar refractivity (Wildman–Crippen MR) is 127 cm³/mol. The average molecular weight is 468 g/mol. The van der Waals surface area contributed by atoms with E-state index >= 15 is 0 Å². The third kappa shape index (κ3) is 5.97. The molecule has 0 saturated carbocycles. The summed E-state index contributed by atoms with van der Waals surface area (Å²) < 4.78 is 28.3. The topological polar surface area (TPSA) is 116 Å². The van der Waals surface area contributed by atoms with Crippen molar-refractivity contribution >= 4 is 38.4 Å². The third-order valence-corrected chi connectivity index (χ3v) is 6.43. The van der Waals surface area contributed by atoms with Crippen LogP contribution < -0.4 is 14.9 Å². The van der Waals surface area contributed by atoms with E-state index < -0.39 is 28.4 Å². The number of amides is 1. The lowest BCUT2D eigenvalue weighted by atomic mass is 10.1. The fourth-order valence-electron chi connectivity index (χ4n) is 3.32. The van der Waals surface area contributed by atoms with Crippen molar-refractivity contribution in [1.29, 1.82) is 0 Å². The number of nitrogens with one attached hydrogen (secondary N) is 2. The van der Waals surface area contributed by atoms with E-state index in [1.54, 1.807) is 18.2 Å². The largest absolute Gasteiger partial charge is 0.478 e. The van der Waals surface area contributed by atoms with Crippen LogP contribution in [0.5, 0.6) is 0 Å². The second-order valence-electron chi connectivity index (χ2n) is 7.53. The Kier molecular flexibility index (Phi) is 7.47. The van der Waals surface area contributed by atoms with Crippen molar-refractivity contribution in [3.8, 4) is 0 Å². The fraction of sp³-hybridized carbons (Fsp3) is 0.167. The molecule has 0 unspecified atom stereocenters. The Morgan fingerprint density at radius 2 is 1.61 bits per heavy atom. The van der Waals surface area contributed by atoms with Gasteiger partial charge in [0.05, 0.1) is 10.5 Å². The molecule has 0 heterocycles. The highest BCUT2D eigenvalue weighted by molar-refractivity contribution is 7.89. The summed E-state index contributed by atoms with van der Waals surface area (Å²) in [6.45, 7) is -0.320. The number of benzene rings is 3. The molecule has 0 atom stereocenters. The average Bonchev–Trinajstić information content (AvgIpc) is 2.80. The smallest absolute Gasteiger partial charge is 0.333 e. The summed E-state index contributed by atoms with van der Waals surface area (Å²) in [6, 6.07) is 19.4. The number of rotatable bonds is 9. The Balaban J connectivity index is 1.78. The number of carbonyl (C=O) groups is 2. The van der Waals surface area contributed by atoms with Crippen LogP contribution >= 0.6 is 0 Å². The summed E-state index contributed by atoms with van der Waals surface area (Å²) in [6.07, 6.45) is 0.890. The first-order chi connectivity index (χ1) is 15.7. The molecule has 3 rings (SSSR count). The molecule has 9 heteroatoms. The number of hydrogen-bond donors (Lipinski definition) is 3. The Morgan fingerprint density at radius 1 is 0.939 bits per heavy atom. The van der Waals surface area contributed by atoms with E-state index in [0.29, 0.717) is 5.39 Å². The molecule has 0 saturated heterocycles. The molecule has 0 spiro atoms. The maximum atomic E-state index is 13.0. The standard InChI is InChI=1S/C24H25N3O5S/c1-27(2)21-12-6-11-20-19(21)10-7-13-22(20)33(31,32)26-16-18(24(29)30)14-23(28)25-15-17-8-4-3-5-9-17/h3-14,26H,15-16H2,1-2H3,(H,25,28)(H,29,30)/b18-14-. The van der Waals surface area contributed by atoms with Crippen molar-refractivity contribution in [2.45, 2.75) is 11.4 Å². The van der Waals surface area contributed by atoms with Gasteiger partial charge in [-0.15, -0.1) is 0 Å². The molecule has 1 amide bonds. The first-order valence-electron chi connectivity index (χ1n) is 10.1. The summed E-state index contributed by atoms with van der Waals surface area (Å²) in [5.41, 5.74) is 1.33. The molecule has 8 nitrogen and oxygen atoms in total. The van der Waals surface area contributed by atoms with Crippen LogP contribution in [-0.2, 0) is 26.2 Å². The highest BCUT2D eigenvalue weighted by Crippen LogP contribution is 2.30. The minimum atomic E-state index is -4.05. The number of fused-ring (bicyclic) bond motifs is 1. The van der Waals surface area contributed by atoms with Crippen molar-refractivity contribution < 1.29 is 23.1 Å². The van der Waals surface area contributed by atoms with Gasteiger partial charge in [0.25, 0.3) is 0 Å². The van der Waals surface area contributed by atoms with Gasteiger partial charge >= 0.3 is 5.97 Å². The highest BCUT2D eigenvalue weighted by atomic mass is 32.2. The summed E-state index contributed by atoms with van der Waals surface area (Å²) in [4.78, 5) is 25.7. The lowest BCUT2D eigenvalue weighted by Gasteiger charge is -2.17. The Labute approximate surface area is 192 Å². The zero-order chi connectivity index (χ0) is 24.0. The lowest BCUT2D eigenvalue weighted by molar-refractivity contribution is -0.133. The van der Waals surface area contributed by atoms with Crippen LogP contribution in [0.15, 0.2) is 83.3 Å². The van der Waals surface area contributed by atoms with E-state index in [1.807, 2.05) is 61.5 Å². The molecule has 0 aliphatic heterocycles. The Hall–Kier alpha value is -3.69. The van der Waals surface area contributed by atoms with Crippen LogP contribution in [0, 0.1) is 0 Å². The SMILES string of the molecule is CN(C)c1cccc2c(S(=O)(=O)NC/C(=C/C(=O)NCc3ccccc3)C(=O)O)cccc12. The number of carboxylic acids is 1. The summed E-state index contributed by atoms with van der Waals surface area (Å²) in [5.74, 6) is -2.02. The fourth-order valence-corrected chi connectivity index (χ4v) is 4.55. The third-order valence-electron chi connectivity index (χ3n) is 4.97. The number of nitrogens with zero attached hydrogens (tertiary/aromatic N) is 1. The van der Waals surface area contributed by atoms with Crippen molar-refractivity contribution in [3.63, 3.8) is 0 Å². The van der Waals surface area contributed by atoms with E-state index in [1.165, 1.54) is 6.07 Å². The lowest BCUT2D eigenvalue weighted by Crippen LogP contribution is -2.30. The van der Waals surface area contributed by atoms with Crippen LogP contribution in [0.1, 0.15) is 5.56 Å². The summed E-state index contributed by atoms with van der Waals surface area (Å²) in [7, 11) is -0.329. The molecular formula is C24H25N3O5S. The summed E-state index contributed by atoms with van der Waals surface area (Å²) >= 11 is 0. The number of sulfonamides is 1. The minimum Gasteiger partial charge on any atom is -0.478 e. The molecule has 3 aromatic rings. The number of carboxylic acid groups (broad SMARTS) is 1. The molecule has 0 fully saturated rings. The zero-order valence-corrected chi connectivity index (χ0v) is 19.1. The Morgan fingerprint density at radius 3 is 2.27 bits per heavy atom. The molecule has 33 heavy (non-hydrogen) atoms. The van der Waals surface area contributed by atoms with Gasteiger partial charge in [-0.3, -0.25) is 4.79 Å². The highest BCUT2D eigenvalue weighted by Gasteiger charge is 2.20. The van der Waals surface area contributed by atoms with Crippen molar-refractivity contribution in [2.24, 2.45) is 0 Å². The number of aliphatic carboxylic acids is 1. The Bertz CT molecular complexity index is 1300. The predicted octanol–water partition coefficient (Wildman–Crippen LogP) is 2.51. The molecule has 3 N–H and O–H groups in total. The van der Waals surface area contributed by atoms with Gasteiger partial charge < -0.3 is 15.3 Å². The van der Waals surface area contributed by atoms with Gasteiger partial charge in [0.15, 0.2) is 0 Å². The van der Waals surface area contributed by atoms with Crippen molar-refractivity contribution in [1.82, 2.24) is 10.0 Å². The second-order valence-corrected chi connectivity index (χ2v) is 9.26. The maximum Gasteiger partial charge on any atom is 0.333 e. The maximum absolute atomic E-state index is 13.0. The van der Waals surface area contributed by atoms with E-state index in [9.17, 15) is 23.1 Å². The van der Waals surface area contributed by atoms with Crippen LogP contribution in [-0.4, -0.2) is 46.0 Å². The monoisotopic (exact) mass is 467 g/mol. The number of hydrogen-bond acceptors (Lipinski definition) is 5. The van der Waals surface area contributed by atoms with Crippen LogP contribution in [0.4, 0.5) is 5.69 Å². The molecule has 0 radical (unpaired) electrons. The molecule has 0 aromatic heterocycles. The normalized spacial score (nSPS) is 11.9. The summed E-state index contributed by atoms with van der Waals surface area (Å²) in [5, 5.41) is 13.3. The number of anilines is 1. The van der Waals surface area contributed by atoms with Crippen LogP contribution in [0.2, 0.25) is 0 Å². The van der Waals surface area contributed by atoms with Gasteiger partial charge in [-0.25, -0.2) is 17.9 Å². The molecule has 0 bridgehead atoms.